The molecule has 0 amide bonds. The van der Waals surface area contributed by atoms with E-state index in [1.165, 1.54) is 65.0 Å². The number of hydrogen-bond donors (Lipinski definition) is 2. The van der Waals surface area contributed by atoms with E-state index in [1.807, 2.05) is 0 Å². The molecule has 0 aromatic carbocycles. The number of guanidine groups is 1. The lowest BCUT2D eigenvalue weighted by atomic mass is 9.83. The number of piperazine rings is 1. The van der Waals surface area contributed by atoms with Crippen LogP contribution in [0.3, 0.4) is 0 Å². The molecule has 172 valence electrons. The molecule has 2 N–H and O–H groups in total. The smallest absolute Gasteiger partial charge is 0.191 e. The van der Waals surface area contributed by atoms with E-state index in [2.05, 4.69) is 41.2 Å². The molecule has 1 saturated heterocycles. The van der Waals surface area contributed by atoms with Crippen LogP contribution in [0.15, 0.2) is 4.99 Å². The molecule has 1 saturated carbocycles. The SMILES string of the molecule is CCNC(=NCC1(CCOC)CCCC1)NCC(C)CN1CCN(CC)CC1.I. The third kappa shape index (κ3) is 9.70. The summed E-state index contributed by atoms with van der Waals surface area (Å²) in [5, 5.41) is 7.04. The first-order valence-electron chi connectivity index (χ1n) is 11.6. The molecule has 2 rings (SSSR count). The molecule has 0 bridgehead atoms. The standard InChI is InChI=1S/C22H45N5O.HI/c1-5-23-21(25-19-22(11-16-28-4)9-7-8-10-22)24-17-20(3)18-27-14-12-26(6-2)13-15-27;/h20H,5-19H2,1-4H3,(H2,23,24,25);1H. The molecular weight excluding hydrogens is 477 g/mol. The average Bonchev–Trinajstić information content (AvgIpc) is 3.18. The van der Waals surface area contributed by atoms with Crippen LogP contribution < -0.4 is 10.6 Å². The van der Waals surface area contributed by atoms with Crippen molar-refractivity contribution in [3.8, 4) is 0 Å². The van der Waals surface area contributed by atoms with Crippen LogP contribution in [0.5, 0.6) is 0 Å². The summed E-state index contributed by atoms with van der Waals surface area (Å²) in [7, 11) is 1.81. The minimum atomic E-state index is 0. The molecule has 1 atom stereocenters. The van der Waals surface area contributed by atoms with Crippen LogP contribution >= 0.6 is 24.0 Å². The van der Waals surface area contributed by atoms with Gasteiger partial charge in [0.05, 0.1) is 0 Å². The Labute approximate surface area is 196 Å². The van der Waals surface area contributed by atoms with Gasteiger partial charge < -0.3 is 25.2 Å². The summed E-state index contributed by atoms with van der Waals surface area (Å²) in [6, 6.07) is 0. The summed E-state index contributed by atoms with van der Waals surface area (Å²) in [6.45, 7) is 17.6. The van der Waals surface area contributed by atoms with Crippen LogP contribution in [-0.4, -0.2) is 88.4 Å². The molecule has 1 aliphatic heterocycles. The van der Waals surface area contributed by atoms with Crippen LogP contribution in [-0.2, 0) is 4.74 Å². The van der Waals surface area contributed by atoms with Gasteiger partial charge in [0.15, 0.2) is 5.96 Å². The first-order valence-corrected chi connectivity index (χ1v) is 11.6. The van der Waals surface area contributed by atoms with E-state index >= 15 is 0 Å². The van der Waals surface area contributed by atoms with Crippen molar-refractivity contribution in [1.82, 2.24) is 20.4 Å². The normalized spacial score (nSPS) is 21.6. The summed E-state index contributed by atoms with van der Waals surface area (Å²) in [4.78, 5) is 10.1. The molecule has 0 spiro atoms. The van der Waals surface area contributed by atoms with Crippen molar-refractivity contribution in [3.05, 3.63) is 0 Å². The Morgan fingerprint density at radius 3 is 2.31 bits per heavy atom. The average molecular weight is 524 g/mol. The van der Waals surface area contributed by atoms with Crippen LogP contribution in [0, 0.1) is 11.3 Å². The number of ether oxygens (including phenoxy) is 1. The largest absolute Gasteiger partial charge is 0.385 e. The van der Waals surface area contributed by atoms with E-state index < -0.39 is 0 Å². The maximum Gasteiger partial charge on any atom is 0.191 e. The van der Waals surface area contributed by atoms with Gasteiger partial charge in [0.1, 0.15) is 0 Å². The van der Waals surface area contributed by atoms with E-state index in [9.17, 15) is 0 Å². The van der Waals surface area contributed by atoms with Crippen LogP contribution in [0.25, 0.3) is 0 Å². The fourth-order valence-corrected chi connectivity index (χ4v) is 4.58. The predicted molar refractivity (Wildman–Crippen MR) is 135 cm³/mol. The number of methoxy groups -OCH3 is 1. The van der Waals surface area contributed by atoms with Crippen LogP contribution in [0.1, 0.15) is 52.9 Å². The molecule has 0 aromatic heterocycles. The summed E-state index contributed by atoms with van der Waals surface area (Å²) in [5.41, 5.74) is 0.350. The number of hydrogen-bond acceptors (Lipinski definition) is 4. The summed E-state index contributed by atoms with van der Waals surface area (Å²) < 4.78 is 5.36. The molecule has 2 fully saturated rings. The molecule has 1 heterocycles. The molecule has 0 aromatic rings. The lowest BCUT2D eigenvalue weighted by molar-refractivity contribution is 0.124. The van der Waals surface area contributed by atoms with Gasteiger partial charge in [-0.05, 0) is 44.1 Å². The van der Waals surface area contributed by atoms with E-state index in [4.69, 9.17) is 9.73 Å². The number of nitrogens with zero attached hydrogens (tertiary/aromatic N) is 3. The molecule has 2 aliphatic rings. The van der Waals surface area contributed by atoms with Crippen molar-refractivity contribution in [2.75, 3.05) is 72.6 Å². The molecular formula is C22H46IN5O. The second kappa shape index (κ2) is 14.8. The molecule has 7 heteroatoms. The van der Waals surface area contributed by atoms with E-state index in [-0.39, 0.29) is 24.0 Å². The first kappa shape index (κ1) is 26.9. The molecule has 1 unspecified atom stereocenters. The molecule has 1 aliphatic carbocycles. The summed E-state index contributed by atoms with van der Waals surface area (Å²) in [5.74, 6) is 1.60. The second-order valence-electron chi connectivity index (χ2n) is 8.87. The maximum atomic E-state index is 5.36. The zero-order valence-corrected chi connectivity index (χ0v) is 21.7. The van der Waals surface area contributed by atoms with Crippen LogP contribution in [0.4, 0.5) is 0 Å². The Morgan fingerprint density at radius 2 is 1.72 bits per heavy atom. The Bertz CT molecular complexity index is 448. The van der Waals surface area contributed by atoms with Crippen LogP contribution in [0.2, 0.25) is 0 Å². The van der Waals surface area contributed by atoms with Gasteiger partial charge >= 0.3 is 0 Å². The summed E-state index contributed by atoms with van der Waals surface area (Å²) in [6.07, 6.45) is 6.39. The summed E-state index contributed by atoms with van der Waals surface area (Å²) >= 11 is 0. The Kier molecular flexibility index (Phi) is 13.7. The Morgan fingerprint density at radius 1 is 1.07 bits per heavy atom. The van der Waals surface area contributed by atoms with E-state index in [0.29, 0.717) is 11.3 Å². The first-order chi connectivity index (χ1) is 13.6. The minimum absolute atomic E-state index is 0. The van der Waals surface area contributed by atoms with E-state index in [0.717, 1.165) is 38.6 Å². The fraction of sp³-hybridized carbons (Fsp3) is 0.955. The Balaban J connectivity index is 0.00000420. The van der Waals surface area contributed by atoms with Gasteiger partial charge in [-0.3, -0.25) is 4.99 Å². The van der Waals surface area contributed by atoms with Crippen molar-refractivity contribution in [1.29, 1.82) is 0 Å². The zero-order chi connectivity index (χ0) is 20.2. The lowest BCUT2D eigenvalue weighted by Crippen LogP contribution is -2.48. The van der Waals surface area contributed by atoms with Gasteiger partial charge in [-0.15, -0.1) is 24.0 Å². The van der Waals surface area contributed by atoms with E-state index in [1.54, 1.807) is 7.11 Å². The fourth-order valence-electron chi connectivity index (χ4n) is 4.58. The van der Waals surface area contributed by atoms with Crippen molar-refractivity contribution >= 4 is 29.9 Å². The number of aliphatic imine (C=N–C) groups is 1. The number of rotatable bonds is 11. The molecule has 0 radical (unpaired) electrons. The quantitative estimate of drug-likeness (QED) is 0.248. The van der Waals surface area contributed by atoms with Gasteiger partial charge in [-0.1, -0.05) is 26.7 Å². The van der Waals surface area contributed by atoms with Gasteiger partial charge in [0, 0.05) is 66.1 Å². The Hall–Kier alpha value is -0.120. The third-order valence-corrected chi connectivity index (χ3v) is 6.52. The van der Waals surface area contributed by atoms with Gasteiger partial charge in [-0.2, -0.15) is 0 Å². The van der Waals surface area contributed by atoms with Crippen molar-refractivity contribution < 1.29 is 4.74 Å². The van der Waals surface area contributed by atoms with Crippen molar-refractivity contribution in [2.45, 2.75) is 52.9 Å². The van der Waals surface area contributed by atoms with Gasteiger partial charge in [-0.25, -0.2) is 0 Å². The van der Waals surface area contributed by atoms with Gasteiger partial charge in [0.25, 0.3) is 0 Å². The topological polar surface area (TPSA) is 52.1 Å². The predicted octanol–water partition coefficient (Wildman–Crippen LogP) is 3.03. The number of halogens is 1. The highest BCUT2D eigenvalue weighted by molar-refractivity contribution is 14.0. The van der Waals surface area contributed by atoms with Gasteiger partial charge in [0.2, 0.25) is 0 Å². The lowest BCUT2D eigenvalue weighted by Gasteiger charge is -2.35. The van der Waals surface area contributed by atoms with Crippen molar-refractivity contribution in [3.63, 3.8) is 0 Å². The minimum Gasteiger partial charge on any atom is -0.385 e. The highest BCUT2D eigenvalue weighted by Crippen LogP contribution is 2.41. The molecule has 6 nitrogen and oxygen atoms in total. The zero-order valence-electron chi connectivity index (χ0n) is 19.3. The second-order valence-corrected chi connectivity index (χ2v) is 8.87. The number of nitrogens with one attached hydrogen (secondary N) is 2. The highest BCUT2D eigenvalue weighted by atomic mass is 127. The third-order valence-electron chi connectivity index (χ3n) is 6.52. The molecule has 29 heavy (non-hydrogen) atoms. The maximum absolute atomic E-state index is 5.36. The monoisotopic (exact) mass is 523 g/mol. The highest BCUT2D eigenvalue weighted by Gasteiger charge is 2.33. The number of likely N-dealkylation sites (N-methyl/N-ethyl adjacent to an activating group) is 1. The van der Waals surface area contributed by atoms with Crippen molar-refractivity contribution in [2.24, 2.45) is 16.3 Å².